The van der Waals surface area contributed by atoms with Gasteiger partial charge in [-0.1, -0.05) is 13.8 Å². The average molecular weight is 403 g/mol. The first kappa shape index (κ1) is 20.0. The number of ketones is 1. The fraction of sp³-hybridized carbons (Fsp3) is 0.920. The normalized spacial score (nSPS) is 53.4. The fourth-order valence-electron chi connectivity index (χ4n) is 7.99. The number of Topliss-reactive ketones (excluding diaryl/α,β-unsaturated/α-hetero) is 1. The van der Waals surface area contributed by atoms with Crippen molar-refractivity contribution in [2.24, 2.45) is 45.8 Å². The Bertz CT molecular complexity index is 752. The van der Waals surface area contributed by atoms with Crippen LogP contribution in [-0.2, 0) is 19.1 Å². The lowest BCUT2D eigenvalue weighted by Crippen LogP contribution is -2.64. The monoisotopic (exact) mass is 402 g/mol. The Kier molecular flexibility index (Phi) is 4.05. The second-order valence-electron chi connectivity index (χ2n) is 12.6. The molecule has 0 radical (unpaired) electrons. The van der Waals surface area contributed by atoms with E-state index in [9.17, 15) is 9.59 Å². The molecule has 4 heteroatoms. The van der Waals surface area contributed by atoms with Gasteiger partial charge in [0.15, 0.2) is 0 Å². The van der Waals surface area contributed by atoms with E-state index < -0.39 is 5.41 Å². The largest absolute Gasteiger partial charge is 0.462 e. The average Bonchev–Trinajstić information content (AvgIpc) is 3.37. The molecule has 5 rings (SSSR count). The fourth-order valence-corrected chi connectivity index (χ4v) is 7.99. The summed E-state index contributed by atoms with van der Waals surface area (Å²) in [6.45, 7) is 13.5. The van der Waals surface area contributed by atoms with Crippen molar-refractivity contribution in [2.45, 2.75) is 91.8 Å². The van der Waals surface area contributed by atoms with Crippen molar-refractivity contribution < 1.29 is 19.1 Å². The third-order valence-corrected chi connectivity index (χ3v) is 10.00. The smallest absolute Gasteiger partial charge is 0.311 e. The predicted molar refractivity (Wildman–Crippen MR) is 110 cm³/mol. The summed E-state index contributed by atoms with van der Waals surface area (Å²) in [5.41, 5.74) is -0.724. The van der Waals surface area contributed by atoms with E-state index in [-0.39, 0.29) is 28.5 Å². The molecule has 162 valence electrons. The van der Waals surface area contributed by atoms with Crippen LogP contribution in [0, 0.1) is 45.8 Å². The van der Waals surface area contributed by atoms with E-state index >= 15 is 0 Å². The van der Waals surface area contributed by atoms with Gasteiger partial charge in [-0.2, -0.15) is 0 Å². The van der Waals surface area contributed by atoms with Crippen molar-refractivity contribution in [1.82, 2.24) is 0 Å². The van der Waals surface area contributed by atoms with Crippen LogP contribution in [0.1, 0.15) is 80.1 Å². The number of hydrogen-bond acceptors (Lipinski definition) is 4. The van der Waals surface area contributed by atoms with Gasteiger partial charge < -0.3 is 9.47 Å². The molecule has 4 saturated carbocycles. The Labute approximate surface area is 175 Å². The zero-order valence-electron chi connectivity index (χ0n) is 19.0. The SMILES string of the molecule is CC(C)(C)C(=O)OC1CCC2(C)C3CCC4(C)C(=O)C5CC5C4C3COC2(C)C1. The van der Waals surface area contributed by atoms with Gasteiger partial charge >= 0.3 is 5.97 Å². The molecule has 0 bridgehead atoms. The van der Waals surface area contributed by atoms with Crippen molar-refractivity contribution >= 4 is 11.8 Å². The molecule has 0 spiro atoms. The second-order valence-corrected chi connectivity index (χ2v) is 12.6. The third-order valence-electron chi connectivity index (χ3n) is 10.00. The Morgan fingerprint density at radius 1 is 1.10 bits per heavy atom. The van der Waals surface area contributed by atoms with Crippen molar-refractivity contribution in [3.8, 4) is 0 Å². The summed E-state index contributed by atoms with van der Waals surface area (Å²) in [5.74, 6) is 3.09. The molecular weight excluding hydrogens is 364 g/mol. The summed E-state index contributed by atoms with van der Waals surface area (Å²) in [6, 6.07) is 0. The number of hydrogen-bond donors (Lipinski definition) is 0. The maximum absolute atomic E-state index is 12.9. The van der Waals surface area contributed by atoms with Crippen LogP contribution in [0.25, 0.3) is 0 Å². The minimum Gasteiger partial charge on any atom is -0.462 e. The highest BCUT2D eigenvalue weighted by Gasteiger charge is 2.72. The molecule has 5 fully saturated rings. The van der Waals surface area contributed by atoms with Gasteiger partial charge in [-0.15, -0.1) is 0 Å². The third kappa shape index (κ3) is 2.60. The van der Waals surface area contributed by atoms with Crippen molar-refractivity contribution in [3.63, 3.8) is 0 Å². The van der Waals surface area contributed by atoms with Crippen LogP contribution in [0.5, 0.6) is 0 Å². The maximum Gasteiger partial charge on any atom is 0.311 e. The predicted octanol–water partition coefficient (Wildman–Crippen LogP) is 4.79. The van der Waals surface area contributed by atoms with Gasteiger partial charge in [-0.25, -0.2) is 0 Å². The van der Waals surface area contributed by atoms with Crippen molar-refractivity contribution in [3.05, 3.63) is 0 Å². The minimum absolute atomic E-state index is 0.0499. The zero-order chi connectivity index (χ0) is 21.0. The van der Waals surface area contributed by atoms with E-state index in [4.69, 9.17) is 9.47 Å². The van der Waals surface area contributed by atoms with E-state index in [1.165, 1.54) is 0 Å². The standard InChI is InChI=1S/C25H38O4/c1-22(2,3)21(27)29-14-7-10-24(5)18-8-9-23(4)19(15-11-16(15)20(23)26)17(18)13-28-25(24,6)12-14/h14-19H,7-13H2,1-6H3. The molecule has 1 heterocycles. The molecule has 0 N–H and O–H groups in total. The van der Waals surface area contributed by atoms with Crippen LogP contribution >= 0.6 is 0 Å². The highest BCUT2D eigenvalue weighted by Crippen LogP contribution is 2.72. The second kappa shape index (κ2) is 5.87. The summed E-state index contributed by atoms with van der Waals surface area (Å²) in [7, 11) is 0. The van der Waals surface area contributed by atoms with E-state index in [0.29, 0.717) is 35.4 Å². The molecule has 0 aromatic carbocycles. The molecule has 4 nitrogen and oxygen atoms in total. The molecule has 9 atom stereocenters. The lowest BCUT2D eigenvalue weighted by Gasteiger charge is -2.64. The molecule has 4 aliphatic carbocycles. The Hall–Kier alpha value is -0.900. The molecule has 9 unspecified atom stereocenters. The molecule has 0 aromatic heterocycles. The molecule has 5 aliphatic rings. The number of ether oxygens (including phenoxy) is 2. The van der Waals surface area contributed by atoms with Crippen LogP contribution in [0.2, 0.25) is 0 Å². The molecule has 1 saturated heterocycles. The molecule has 29 heavy (non-hydrogen) atoms. The first-order valence-electron chi connectivity index (χ1n) is 11.8. The number of rotatable bonds is 1. The van der Waals surface area contributed by atoms with Crippen molar-refractivity contribution in [2.75, 3.05) is 6.61 Å². The Balaban J connectivity index is 1.37. The van der Waals surface area contributed by atoms with Gasteiger partial charge in [-0.3, -0.25) is 9.59 Å². The highest BCUT2D eigenvalue weighted by atomic mass is 16.6. The molecule has 1 aliphatic heterocycles. The van der Waals surface area contributed by atoms with E-state index in [1.54, 1.807) is 0 Å². The Morgan fingerprint density at radius 2 is 1.83 bits per heavy atom. The van der Waals surface area contributed by atoms with Gasteiger partial charge in [0, 0.05) is 17.8 Å². The first-order chi connectivity index (χ1) is 13.4. The quantitative estimate of drug-likeness (QED) is 0.592. The van der Waals surface area contributed by atoms with E-state index in [2.05, 4.69) is 20.8 Å². The number of esters is 1. The lowest BCUT2D eigenvalue weighted by molar-refractivity contribution is -0.262. The summed E-state index contributed by atoms with van der Waals surface area (Å²) in [6.07, 6.45) is 6.03. The summed E-state index contributed by atoms with van der Waals surface area (Å²) in [4.78, 5) is 25.4. The van der Waals surface area contributed by atoms with Crippen LogP contribution < -0.4 is 0 Å². The molecule has 0 aromatic rings. The van der Waals surface area contributed by atoms with Gasteiger partial charge in [0.25, 0.3) is 0 Å². The molecular formula is C25H38O4. The summed E-state index contributed by atoms with van der Waals surface area (Å²) < 4.78 is 12.6. The maximum atomic E-state index is 12.9. The molecule has 0 amide bonds. The number of fused-ring (bicyclic) bond motifs is 7. The van der Waals surface area contributed by atoms with Gasteiger partial charge in [0.05, 0.1) is 17.6 Å². The minimum atomic E-state index is -0.468. The highest BCUT2D eigenvalue weighted by molar-refractivity contribution is 5.92. The van der Waals surface area contributed by atoms with Crippen LogP contribution in [0.4, 0.5) is 0 Å². The lowest BCUT2D eigenvalue weighted by atomic mass is 9.46. The van der Waals surface area contributed by atoms with Gasteiger partial charge in [0.1, 0.15) is 11.9 Å². The van der Waals surface area contributed by atoms with E-state index in [1.807, 2.05) is 20.8 Å². The van der Waals surface area contributed by atoms with Crippen molar-refractivity contribution in [1.29, 1.82) is 0 Å². The Morgan fingerprint density at radius 3 is 2.52 bits per heavy atom. The van der Waals surface area contributed by atoms with Crippen LogP contribution in [0.15, 0.2) is 0 Å². The van der Waals surface area contributed by atoms with Crippen LogP contribution in [-0.4, -0.2) is 30.1 Å². The number of carbonyl (C=O) groups is 2. The topological polar surface area (TPSA) is 52.6 Å². The van der Waals surface area contributed by atoms with Gasteiger partial charge in [-0.05, 0) is 88.9 Å². The zero-order valence-corrected chi connectivity index (χ0v) is 19.0. The summed E-state index contributed by atoms with van der Waals surface area (Å²) >= 11 is 0. The summed E-state index contributed by atoms with van der Waals surface area (Å²) in [5, 5.41) is 0. The van der Waals surface area contributed by atoms with E-state index in [0.717, 1.165) is 45.1 Å². The number of carbonyl (C=O) groups excluding carboxylic acids is 2. The van der Waals surface area contributed by atoms with Crippen LogP contribution in [0.3, 0.4) is 0 Å². The van der Waals surface area contributed by atoms with Gasteiger partial charge in [0.2, 0.25) is 0 Å². The first-order valence-corrected chi connectivity index (χ1v) is 11.8.